The average molecular weight is 348 g/mol. The van der Waals surface area contributed by atoms with Crippen molar-refractivity contribution in [1.82, 2.24) is 0 Å². The van der Waals surface area contributed by atoms with E-state index >= 15 is 0 Å². The van der Waals surface area contributed by atoms with Gasteiger partial charge < -0.3 is 10.2 Å². The van der Waals surface area contributed by atoms with Crippen molar-refractivity contribution in [3.05, 3.63) is 58.7 Å². The lowest BCUT2D eigenvalue weighted by Crippen LogP contribution is -2.28. The summed E-state index contributed by atoms with van der Waals surface area (Å²) in [7, 11) is 0. The molecule has 0 radical (unpaired) electrons. The summed E-state index contributed by atoms with van der Waals surface area (Å²) in [5.41, 5.74) is 6.74. The summed E-state index contributed by atoms with van der Waals surface area (Å²) in [6, 6.07) is 12.1. The van der Waals surface area contributed by atoms with Gasteiger partial charge in [0.15, 0.2) is 0 Å². The van der Waals surface area contributed by atoms with Crippen LogP contribution in [0.4, 0.5) is 11.4 Å². The lowest BCUT2D eigenvalue weighted by molar-refractivity contribution is -0.122. The zero-order chi connectivity index (χ0) is 18.3. The molecule has 1 aliphatic carbocycles. The number of rotatable bonds is 3. The third kappa shape index (κ3) is 3.00. The molecule has 2 amide bonds. The Kier molecular flexibility index (Phi) is 4.27. The first kappa shape index (κ1) is 16.8. The van der Waals surface area contributed by atoms with Crippen LogP contribution in [0.3, 0.4) is 0 Å². The highest BCUT2D eigenvalue weighted by molar-refractivity contribution is 6.04. The van der Waals surface area contributed by atoms with Gasteiger partial charge in [-0.2, -0.15) is 0 Å². The van der Waals surface area contributed by atoms with Gasteiger partial charge in [-0.1, -0.05) is 18.2 Å². The summed E-state index contributed by atoms with van der Waals surface area (Å²) in [5.74, 6) is -0.354. The van der Waals surface area contributed by atoms with Crippen molar-refractivity contribution in [1.29, 1.82) is 0 Å². The summed E-state index contributed by atoms with van der Waals surface area (Å²) in [5, 5.41) is 3.01. The largest absolute Gasteiger partial charge is 0.326 e. The molecule has 134 valence electrons. The van der Waals surface area contributed by atoms with E-state index in [1.165, 1.54) is 17.5 Å². The highest BCUT2D eigenvalue weighted by Crippen LogP contribution is 2.30. The molecule has 0 bridgehead atoms. The van der Waals surface area contributed by atoms with Crippen LogP contribution in [0.2, 0.25) is 0 Å². The van der Waals surface area contributed by atoms with E-state index in [4.69, 9.17) is 0 Å². The number of fused-ring (bicyclic) bond motifs is 1. The van der Waals surface area contributed by atoms with Crippen molar-refractivity contribution in [2.24, 2.45) is 5.92 Å². The molecule has 2 aliphatic rings. The normalized spacial score (nSPS) is 18.9. The molecule has 4 rings (SSSR count). The van der Waals surface area contributed by atoms with Gasteiger partial charge in [0.05, 0.1) is 5.92 Å². The predicted octanol–water partition coefficient (Wildman–Crippen LogP) is 3.78. The van der Waals surface area contributed by atoms with Crippen LogP contribution in [0.1, 0.15) is 35.1 Å². The maximum absolute atomic E-state index is 12.7. The molecule has 1 saturated heterocycles. The second kappa shape index (κ2) is 6.60. The van der Waals surface area contributed by atoms with E-state index in [1.807, 2.05) is 38.1 Å². The fourth-order valence-electron chi connectivity index (χ4n) is 4.04. The van der Waals surface area contributed by atoms with Gasteiger partial charge in [-0.15, -0.1) is 0 Å². The number of anilines is 2. The van der Waals surface area contributed by atoms with Crippen LogP contribution < -0.4 is 10.2 Å². The molecule has 1 N–H and O–H groups in total. The molecule has 0 spiro atoms. The molecule has 1 atom stereocenters. The van der Waals surface area contributed by atoms with Crippen molar-refractivity contribution >= 4 is 23.2 Å². The summed E-state index contributed by atoms with van der Waals surface area (Å²) >= 11 is 0. The van der Waals surface area contributed by atoms with Crippen LogP contribution >= 0.6 is 0 Å². The van der Waals surface area contributed by atoms with Crippen molar-refractivity contribution < 1.29 is 9.59 Å². The first-order valence-corrected chi connectivity index (χ1v) is 9.32. The molecule has 1 heterocycles. The Morgan fingerprint density at radius 3 is 2.77 bits per heavy atom. The molecule has 26 heavy (non-hydrogen) atoms. The fourth-order valence-corrected chi connectivity index (χ4v) is 4.04. The van der Waals surface area contributed by atoms with Gasteiger partial charge in [-0.05, 0) is 73.6 Å². The van der Waals surface area contributed by atoms with Crippen LogP contribution in [0.25, 0.3) is 0 Å². The number of hydrogen-bond acceptors (Lipinski definition) is 2. The lowest BCUT2D eigenvalue weighted by atomic mass is 10.1. The summed E-state index contributed by atoms with van der Waals surface area (Å²) in [4.78, 5) is 27.0. The Morgan fingerprint density at radius 1 is 1.12 bits per heavy atom. The van der Waals surface area contributed by atoms with E-state index < -0.39 is 0 Å². The number of aryl methyl sites for hydroxylation is 3. The topological polar surface area (TPSA) is 49.4 Å². The van der Waals surface area contributed by atoms with E-state index in [1.54, 1.807) is 4.90 Å². The smallest absolute Gasteiger partial charge is 0.229 e. The zero-order valence-corrected chi connectivity index (χ0v) is 15.3. The quantitative estimate of drug-likeness (QED) is 0.917. The Labute approximate surface area is 154 Å². The summed E-state index contributed by atoms with van der Waals surface area (Å²) in [6.45, 7) is 4.51. The summed E-state index contributed by atoms with van der Waals surface area (Å²) < 4.78 is 0. The Hall–Kier alpha value is -2.62. The van der Waals surface area contributed by atoms with E-state index in [9.17, 15) is 9.59 Å². The minimum atomic E-state index is -0.310. The zero-order valence-electron chi connectivity index (χ0n) is 15.3. The molecule has 1 fully saturated rings. The van der Waals surface area contributed by atoms with Crippen molar-refractivity contribution in [2.45, 2.75) is 39.5 Å². The number of nitrogens with zero attached hydrogens (tertiary/aromatic N) is 1. The molecule has 4 nitrogen and oxygen atoms in total. The van der Waals surface area contributed by atoms with E-state index in [0.717, 1.165) is 35.3 Å². The SMILES string of the molecule is Cc1cccc(N2C[C@H](C(=O)Nc3ccc4c(c3)CCC4)CC2=O)c1C. The Morgan fingerprint density at radius 2 is 1.92 bits per heavy atom. The fraction of sp³-hybridized carbons (Fsp3) is 0.364. The molecule has 2 aromatic carbocycles. The monoisotopic (exact) mass is 348 g/mol. The molecular weight excluding hydrogens is 324 g/mol. The van der Waals surface area contributed by atoms with Crippen LogP contribution in [0.15, 0.2) is 36.4 Å². The van der Waals surface area contributed by atoms with Crippen LogP contribution in [0.5, 0.6) is 0 Å². The van der Waals surface area contributed by atoms with Gasteiger partial charge >= 0.3 is 0 Å². The number of carbonyl (C=O) groups is 2. The van der Waals surface area contributed by atoms with Crippen molar-refractivity contribution in [2.75, 3.05) is 16.8 Å². The molecule has 2 aromatic rings. The molecule has 0 aromatic heterocycles. The van der Waals surface area contributed by atoms with Crippen LogP contribution in [-0.2, 0) is 22.4 Å². The lowest BCUT2D eigenvalue weighted by Gasteiger charge is -2.20. The molecule has 0 saturated carbocycles. The highest BCUT2D eigenvalue weighted by atomic mass is 16.2. The number of amides is 2. The summed E-state index contributed by atoms with van der Waals surface area (Å²) in [6.07, 6.45) is 3.67. The predicted molar refractivity (Wildman–Crippen MR) is 103 cm³/mol. The third-order valence-corrected chi connectivity index (χ3v) is 5.73. The van der Waals surface area contributed by atoms with Gasteiger partial charge in [0.1, 0.15) is 0 Å². The minimum Gasteiger partial charge on any atom is -0.326 e. The van der Waals surface area contributed by atoms with E-state index in [0.29, 0.717) is 6.54 Å². The Balaban J connectivity index is 1.48. The van der Waals surface area contributed by atoms with Gasteiger partial charge in [0.2, 0.25) is 11.8 Å². The third-order valence-electron chi connectivity index (χ3n) is 5.73. The van der Waals surface area contributed by atoms with Crippen LogP contribution in [-0.4, -0.2) is 18.4 Å². The number of hydrogen-bond donors (Lipinski definition) is 1. The van der Waals surface area contributed by atoms with Crippen LogP contribution in [0, 0.1) is 19.8 Å². The van der Waals surface area contributed by atoms with Gasteiger partial charge in [0.25, 0.3) is 0 Å². The second-order valence-electron chi connectivity index (χ2n) is 7.45. The highest BCUT2D eigenvalue weighted by Gasteiger charge is 2.35. The number of benzene rings is 2. The van der Waals surface area contributed by atoms with Gasteiger partial charge in [0, 0.05) is 24.3 Å². The number of carbonyl (C=O) groups excluding carboxylic acids is 2. The number of nitrogens with one attached hydrogen (secondary N) is 1. The van der Waals surface area contributed by atoms with Crippen molar-refractivity contribution in [3.63, 3.8) is 0 Å². The molecule has 1 aliphatic heterocycles. The minimum absolute atomic E-state index is 0.0211. The molecular formula is C22H24N2O2. The van der Waals surface area contributed by atoms with Gasteiger partial charge in [-0.25, -0.2) is 0 Å². The first-order valence-electron chi connectivity index (χ1n) is 9.32. The maximum Gasteiger partial charge on any atom is 0.229 e. The second-order valence-corrected chi connectivity index (χ2v) is 7.45. The molecule has 0 unspecified atom stereocenters. The van der Waals surface area contributed by atoms with Crippen molar-refractivity contribution in [3.8, 4) is 0 Å². The van der Waals surface area contributed by atoms with E-state index in [2.05, 4.69) is 17.4 Å². The first-order chi connectivity index (χ1) is 12.5. The van der Waals surface area contributed by atoms with Gasteiger partial charge in [-0.3, -0.25) is 9.59 Å². The standard InChI is InChI=1S/C22H24N2O2/c1-14-5-3-8-20(15(14)2)24-13-18(12-21(24)25)22(26)23-19-10-9-16-6-4-7-17(16)11-19/h3,5,8-11,18H,4,6-7,12-13H2,1-2H3,(H,23,26)/t18-/m1/s1. The molecule has 4 heteroatoms. The van der Waals surface area contributed by atoms with E-state index in [-0.39, 0.29) is 24.2 Å². The maximum atomic E-state index is 12.7. The Bertz CT molecular complexity index is 888. The average Bonchev–Trinajstić information content (AvgIpc) is 3.23.